The van der Waals surface area contributed by atoms with Gasteiger partial charge in [-0.3, -0.25) is 9.69 Å². The summed E-state index contributed by atoms with van der Waals surface area (Å²) < 4.78 is 0. The standard InChI is InChI=1S/C17H30N2O2/c20-16-7-2-1-5-14(16)15-6-3-4-11-19(15)12-10-17(21)18-13-8-9-13/h13-16,20H,1-12H2,(H,18,21). The van der Waals surface area contributed by atoms with E-state index in [0.717, 1.165) is 38.8 Å². The minimum Gasteiger partial charge on any atom is -0.393 e. The third-order valence-electron chi connectivity index (χ3n) is 5.51. The smallest absolute Gasteiger partial charge is 0.221 e. The highest BCUT2D eigenvalue weighted by Gasteiger charge is 2.35. The second kappa shape index (κ2) is 7.10. The summed E-state index contributed by atoms with van der Waals surface area (Å²) in [6.07, 6.45) is 11.1. The van der Waals surface area contributed by atoms with Gasteiger partial charge in [0.15, 0.2) is 0 Å². The summed E-state index contributed by atoms with van der Waals surface area (Å²) in [4.78, 5) is 14.4. The molecule has 0 radical (unpaired) electrons. The van der Waals surface area contributed by atoms with E-state index < -0.39 is 0 Å². The fraction of sp³-hybridized carbons (Fsp3) is 0.941. The molecule has 21 heavy (non-hydrogen) atoms. The van der Waals surface area contributed by atoms with Crippen molar-refractivity contribution in [3.8, 4) is 0 Å². The summed E-state index contributed by atoms with van der Waals surface area (Å²) in [5.41, 5.74) is 0. The van der Waals surface area contributed by atoms with E-state index in [1.807, 2.05) is 0 Å². The fourth-order valence-electron chi connectivity index (χ4n) is 4.14. The molecule has 3 rings (SSSR count). The van der Waals surface area contributed by atoms with Gasteiger partial charge in [0, 0.05) is 31.0 Å². The molecular weight excluding hydrogens is 264 g/mol. The number of piperidine rings is 1. The van der Waals surface area contributed by atoms with Crippen LogP contribution < -0.4 is 5.32 Å². The Morgan fingerprint density at radius 2 is 1.81 bits per heavy atom. The fourth-order valence-corrected chi connectivity index (χ4v) is 4.14. The minimum atomic E-state index is -0.121. The summed E-state index contributed by atoms with van der Waals surface area (Å²) in [5, 5.41) is 13.4. The molecule has 0 aromatic heterocycles. The van der Waals surface area contributed by atoms with E-state index in [1.54, 1.807) is 0 Å². The van der Waals surface area contributed by atoms with Crippen molar-refractivity contribution < 1.29 is 9.90 Å². The van der Waals surface area contributed by atoms with Crippen molar-refractivity contribution >= 4 is 5.91 Å². The quantitative estimate of drug-likeness (QED) is 0.816. The topological polar surface area (TPSA) is 52.6 Å². The molecular formula is C17H30N2O2. The molecule has 4 heteroatoms. The Balaban J connectivity index is 1.51. The van der Waals surface area contributed by atoms with Gasteiger partial charge in [-0.2, -0.15) is 0 Å². The van der Waals surface area contributed by atoms with Crippen LogP contribution in [0.2, 0.25) is 0 Å². The van der Waals surface area contributed by atoms with Crippen LogP contribution in [0.4, 0.5) is 0 Å². The maximum atomic E-state index is 11.9. The Morgan fingerprint density at radius 3 is 2.57 bits per heavy atom. The Morgan fingerprint density at radius 1 is 1.05 bits per heavy atom. The monoisotopic (exact) mass is 294 g/mol. The lowest BCUT2D eigenvalue weighted by Gasteiger charge is -2.43. The van der Waals surface area contributed by atoms with Crippen LogP contribution in [0, 0.1) is 5.92 Å². The third-order valence-corrected chi connectivity index (χ3v) is 5.51. The number of carbonyl (C=O) groups excluding carboxylic acids is 1. The van der Waals surface area contributed by atoms with E-state index in [-0.39, 0.29) is 12.0 Å². The number of carbonyl (C=O) groups is 1. The van der Waals surface area contributed by atoms with Crippen molar-refractivity contribution in [2.24, 2.45) is 5.92 Å². The van der Waals surface area contributed by atoms with E-state index in [4.69, 9.17) is 0 Å². The number of hydrogen-bond donors (Lipinski definition) is 2. The summed E-state index contributed by atoms with van der Waals surface area (Å²) in [6, 6.07) is 0.970. The van der Waals surface area contributed by atoms with Crippen LogP contribution in [-0.4, -0.2) is 47.2 Å². The molecule has 3 aliphatic rings. The van der Waals surface area contributed by atoms with Gasteiger partial charge < -0.3 is 10.4 Å². The Hall–Kier alpha value is -0.610. The number of rotatable bonds is 5. The van der Waals surface area contributed by atoms with Gasteiger partial charge in [-0.1, -0.05) is 19.3 Å². The van der Waals surface area contributed by atoms with Crippen LogP contribution in [0.1, 0.15) is 64.2 Å². The molecule has 2 aliphatic carbocycles. The van der Waals surface area contributed by atoms with Gasteiger partial charge >= 0.3 is 0 Å². The maximum Gasteiger partial charge on any atom is 0.221 e. The molecule has 3 fully saturated rings. The zero-order valence-corrected chi connectivity index (χ0v) is 13.1. The molecule has 2 N–H and O–H groups in total. The molecule has 1 heterocycles. The van der Waals surface area contributed by atoms with Gasteiger partial charge in [0.25, 0.3) is 0 Å². The average Bonchev–Trinajstić information content (AvgIpc) is 3.30. The highest BCUT2D eigenvalue weighted by atomic mass is 16.3. The summed E-state index contributed by atoms with van der Waals surface area (Å²) in [7, 11) is 0. The summed E-state index contributed by atoms with van der Waals surface area (Å²) >= 11 is 0. The molecule has 0 aromatic carbocycles. The van der Waals surface area contributed by atoms with E-state index in [1.165, 1.54) is 32.1 Å². The number of aliphatic hydroxyl groups is 1. The first-order chi connectivity index (χ1) is 10.2. The van der Waals surface area contributed by atoms with Crippen LogP contribution in [0.15, 0.2) is 0 Å². The Bertz CT molecular complexity index is 357. The minimum absolute atomic E-state index is 0.121. The van der Waals surface area contributed by atoms with Crippen LogP contribution in [0.3, 0.4) is 0 Å². The van der Waals surface area contributed by atoms with Crippen molar-refractivity contribution in [2.75, 3.05) is 13.1 Å². The van der Waals surface area contributed by atoms with Gasteiger partial charge in [0.1, 0.15) is 0 Å². The zero-order chi connectivity index (χ0) is 14.7. The largest absolute Gasteiger partial charge is 0.393 e. The van der Waals surface area contributed by atoms with Gasteiger partial charge in [0.05, 0.1) is 6.10 Å². The molecule has 3 atom stereocenters. The number of hydrogen-bond acceptors (Lipinski definition) is 3. The van der Waals surface area contributed by atoms with Crippen LogP contribution in [-0.2, 0) is 4.79 Å². The third kappa shape index (κ3) is 4.19. The Kier molecular flexibility index (Phi) is 5.17. The molecule has 1 amide bonds. The van der Waals surface area contributed by atoms with Crippen molar-refractivity contribution in [1.29, 1.82) is 0 Å². The van der Waals surface area contributed by atoms with E-state index >= 15 is 0 Å². The van der Waals surface area contributed by atoms with Crippen molar-refractivity contribution in [3.63, 3.8) is 0 Å². The number of likely N-dealkylation sites (tertiary alicyclic amines) is 1. The predicted octanol–water partition coefficient (Wildman–Crippen LogP) is 2.06. The van der Waals surface area contributed by atoms with Crippen molar-refractivity contribution in [1.82, 2.24) is 10.2 Å². The molecule has 1 saturated heterocycles. The lowest BCUT2D eigenvalue weighted by Crippen LogP contribution is -2.49. The van der Waals surface area contributed by atoms with Crippen molar-refractivity contribution in [3.05, 3.63) is 0 Å². The highest BCUT2D eigenvalue weighted by molar-refractivity contribution is 5.76. The molecule has 120 valence electrons. The summed E-state index contributed by atoms with van der Waals surface area (Å²) in [5.74, 6) is 0.650. The van der Waals surface area contributed by atoms with E-state index in [2.05, 4.69) is 10.2 Å². The first kappa shape index (κ1) is 15.3. The van der Waals surface area contributed by atoms with E-state index in [0.29, 0.717) is 24.4 Å². The molecule has 4 nitrogen and oxygen atoms in total. The van der Waals surface area contributed by atoms with Crippen LogP contribution in [0.25, 0.3) is 0 Å². The number of nitrogens with zero attached hydrogens (tertiary/aromatic N) is 1. The van der Waals surface area contributed by atoms with Gasteiger partial charge in [0.2, 0.25) is 5.91 Å². The lowest BCUT2D eigenvalue weighted by atomic mass is 9.78. The molecule has 0 aromatic rings. The SMILES string of the molecule is O=C(CCN1CCCCC1C1CCCCC1O)NC1CC1. The molecule has 1 aliphatic heterocycles. The van der Waals surface area contributed by atoms with Crippen LogP contribution in [0.5, 0.6) is 0 Å². The van der Waals surface area contributed by atoms with Gasteiger partial charge in [-0.05, 0) is 45.1 Å². The van der Waals surface area contributed by atoms with Gasteiger partial charge in [-0.15, -0.1) is 0 Å². The number of aliphatic hydroxyl groups excluding tert-OH is 1. The predicted molar refractivity (Wildman–Crippen MR) is 83.0 cm³/mol. The number of nitrogens with one attached hydrogen (secondary N) is 1. The van der Waals surface area contributed by atoms with Gasteiger partial charge in [-0.25, -0.2) is 0 Å². The Labute approximate surface area is 128 Å². The molecule has 2 saturated carbocycles. The first-order valence-electron chi connectivity index (χ1n) is 8.95. The molecule has 0 bridgehead atoms. The maximum absolute atomic E-state index is 11.9. The highest BCUT2D eigenvalue weighted by Crippen LogP contribution is 2.34. The number of amides is 1. The van der Waals surface area contributed by atoms with Crippen LogP contribution >= 0.6 is 0 Å². The average molecular weight is 294 g/mol. The second-order valence-corrected chi connectivity index (χ2v) is 7.21. The first-order valence-corrected chi connectivity index (χ1v) is 8.95. The zero-order valence-electron chi connectivity index (χ0n) is 13.1. The molecule has 0 spiro atoms. The van der Waals surface area contributed by atoms with Crippen molar-refractivity contribution in [2.45, 2.75) is 82.4 Å². The molecule has 3 unspecified atom stereocenters. The van der Waals surface area contributed by atoms with E-state index in [9.17, 15) is 9.90 Å². The second-order valence-electron chi connectivity index (χ2n) is 7.21. The summed E-state index contributed by atoms with van der Waals surface area (Å²) in [6.45, 7) is 1.97. The normalized spacial score (nSPS) is 34.6. The lowest BCUT2D eigenvalue weighted by molar-refractivity contribution is -0.122.